The minimum atomic E-state index is -0.971. The number of nitro groups is 1. The molecule has 0 spiro atoms. The Labute approximate surface area is 144 Å². The minimum absolute atomic E-state index is 0. The third-order valence-electron chi connectivity index (χ3n) is 2.65. The Morgan fingerprint density at radius 2 is 1.86 bits per heavy atom. The Hall–Kier alpha value is -1.70. The van der Waals surface area contributed by atoms with Crippen molar-refractivity contribution < 1.29 is 33.4 Å². The molecule has 0 saturated carbocycles. The quantitative estimate of drug-likeness (QED) is 0.116. The number of benzene rings is 1. The smallest absolute Gasteiger partial charge is 0.763 e. The third-order valence-corrected chi connectivity index (χ3v) is 2.88. The number of rotatable bonds is 4. The molecule has 0 heterocycles. The zero-order valence-corrected chi connectivity index (χ0v) is 13.4. The van der Waals surface area contributed by atoms with Crippen molar-refractivity contribution in [2.24, 2.45) is 5.41 Å². The van der Waals surface area contributed by atoms with Crippen LogP contribution in [0.2, 0.25) is 5.02 Å². The van der Waals surface area contributed by atoms with E-state index in [4.69, 9.17) is 17.0 Å². The van der Waals surface area contributed by atoms with Crippen molar-refractivity contribution in [2.45, 2.75) is 20.8 Å². The number of allylic oxidation sites excluding steroid dienone is 1. The Balaban J connectivity index is 0.00000441. The fourth-order valence-corrected chi connectivity index (χ4v) is 1.73. The average Bonchev–Trinajstić information content (AvgIpc) is 2.37. The molecule has 22 heavy (non-hydrogen) atoms. The zero-order chi connectivity index (χ0) is 16.4. The molecule has 0 radical (unpaired) electrons. The topological polar surface area (TPSA) is 99.6 Å². The van der Waals surface area contributed by atoms with Crippen LogP contribution in [0, 0.1) is 15.5 Å². The molecule has 0 saturated heterocycles. The van der Waals surface area contributed by atoms with Crippen molar-refractivity contribution in [3.8, 4) is 0 Å². The standard InChI is InChI=1S/C14H12ClN2O4.Li/c1-14(2,3)13(19)10(7-16)12(18)9-5-4-8(15)6-11(9)17(20)21;/h4-6H,1-3H3;/q-1;+1. The number of carbonyl (C=O) groups excluding carboxylic acids is 2. The maximum Gasteiger partial charge on any atom is 1.00 e. The second-order valence-electron chi connectivity index (χ2n) is 5.31. The molecule has 0 bridgehead atoms. The summed E-state index contributed by atoms with van der Waals surface area (Å²) in [6.07, 6.45) is 0. The molecule has 0 unspecified atom stereocenters. The molecular weight excluding hydrogens is 303 g/mol. The molecule has 0 amide bonds. The van der Waals surface area contributed by atoms with Crippen molar-refractivity contribution in [3.63, 3.8) is 0 Å². The van der Waals surface area contributed by atoms with Crippen LogP contribution in [0.15, 0.2) is 23.8 Å². The van der Waals surface area contributed by atoms with Crippen LogP contribution in [-0.2, 0) is 4.79 Å². The molecule has 0 aromatic heterocycles. The summed E-state index contributed by atoms with van der Waals surface area (Å²) in [5.74, 6) is -0.0895. The molecule has 0 aliphatic heterocycles. The zero-order valence-electron chi connectivity index (χ0n) is 12.6. The van der Waals surface area contributed by atoms with Crippen LogP contribution in [0.4, 0.5) is 5.69 Å². The summed E-state index contributed by atoms with van der Waals surface area (Å²) in [5.41, 5.74) is -2.45. The molecule has 0 N–H and O–H groups in total. The normalized spacial score (nSPS) is 10.2. The molecule has 8 heteroatoms. The van der Waals surface area contributed by atoms with Crippen molar-refractivity contribution in [1.29, 1.82) is 0 Å². The number of carbonyl (C=O) groups is 2. The van der Waals surface area contributed by atoms with E-state index in [1.54, 1.807) is 26.6 Å². The number of ketones is 2. The van der Waals surface area contributed by atoms with E-state index in [0.717, 1.165) is 12.1 Å². The predicted octanol–water partition coefficient (Wildman–Crippen LogP) is 0.216. The summed E-state index contributed by atoms with van der Waals surface area (Å²) in [5, 5.41) is 20.1. The van der Waals surface area contributed by atoms with E-state index in [-0.39, 0.29) is 29.4 Å². The summed E-state index contributed by atoms with van der Waals surface area (Å²) in [6.45, 7) is 4.66. The largest absolute Gasteiger partial charge is 1.00 e. The van der Waals surface area contributed by atoms with E-state index in [9.17, 15) is 19.7 Å². The monoisotopic (exact) mass is 314 g/mol. The van der Waals surface area contributed by atoms with Gasteiger partial charge in [-0.05, 0) is 12.1 Å². The van der Waals surface area contributed by atoms with Gasteiger partial charge < -0.3 is 5.41 Å². The van der Waals surface area contributed by atoms with Crippen molar-refractivity contribution in [2.75, 3.05) is 0 Å². The van der Waals surface area contributed by atoms with Gasteiger partial charge in [-0.3, -0.25) is 25.6 Å². The van der Waals surface area contributed by atoms with E-state index < -0.39 is 33.2 Å². The second-order valence-corrected chi connectivity index (χ2v) is 5.75. The van der Waals surface area contributed by atoms with Crippen LogP contribution in [0.5, 0.6) is 0 Å². The van der Waals surface area contributed by atoms with Gasteiger partial charge >= 0.3 is 18.9 Å². The molecule has 110 valence electrons. The first-order valence-corrected chi connectivity index (χ1v) is 6.28. The fraction of sp³-hybridized carbons (Fsp3) is 0.286. The minimum Gasteiger partial charge on any atom is -0.763 e. The molecule has 1 aromatic carbocycles. The number of halogens is 1. The first kappa shape index (κ1) is 20.3. The van der Waals surface area contributed by atoms with Gasteiger partial charge in [-0.15, -0.1) is 0 Å². The number of nitro benzene ring substituents is 1. The Morgan fingerprint density at radius 3 is 2.27 bits per heavy atom. The predicted molar refractivity (Wildman–Crippen MR) is 78.8 cm³/mol. The Bertz CT molecular complexity index is 689. The molecule has 6 nitrogen and oxygen atoms in total. The van der Waals surface area contributed by atoms with Crippen LogP contribution >= 0.6 is 11.6 Å². The van der Waals surface area contributed by atoms with Crippen LogP contribution in [0.1, 0.15) is 31.1 Å². The summed E-state index contributed by atoms with van der Waals surface area (Å²) < 4.78 is 0. The molecular formula is C14H12ClLiN2O4. The van der Waals surface area contributed by atoms with E-state index in [1.165, 1.54) is 6.07 Å². The van der Waals surface area contributed by atoms with Crippen molar-refractivity contribution in [3.05, 3.63) is 49.9 Å². The number of hydrogen-bond acceptors (Lipinski definition) is 4. The average molecular weight is 315 g/mol. The summed E-state index contributed by atoms with van der Waals surface area (Å²) in [4.78, 5) is 34.5. The van der Waals surface area contributed by atoms with Crippen LogP contribution in [-0.4, -0.2) is 22.4 Å². The van der Waals surface area contributed by atoms with Gasteiger partial charge in [0, 0.05) is 16.5 Å². The Kier molecular flexibility index (Phi) is 6.94. The Morgan fingerprint density at radius 1 is 1.32 bits per heavy atom. The van der Waals surface area contributed by atoms with Crippen molar-refractivity contribution in [1.82, 2.24) is 0 Å². The maximum atomic E-state index is 12.3. The molecule has 1 rings (SSSR count). The van der Waals surface area contributed by atoms with Gasteiger partial charge in [0.25, 0.3) is 5.69 Å². The van der Waals surface area contributed by atoms with Crippen LogP contribution in [0.3, 0.4) is 0 Å². The van der Waals surface area contributed by atoms with Crippen LogP contribution in [0.25, 0.3) is 5.41 Å². The van der Waals surface area contributed by atoms with Gasteiger partial charge in [0.15, 0.2) is 5.78 Å². The van der Waals surface area contributed by atoms with Gasteiger partial charge in [0.2, 0.25) is 5.78 Å². The summed E-state index contributed by atoms with van der Waals surface area (Å²) in [6, 6.07) is 3.43. The summed E-state index contributed by atoms with van der Waals surface area (Å²) >= 11 is 5.66. The van der Waals surface area contributed by atoms with Gasteiger partial charge in [0.05, 0.1) is 10.5 Å². The molecule has 0 atom stereocenters. The van der Waals surface area contributed by atoms with Crippen molar-refractivity contribution >= 4 is 34.7 Å². The third kappa shape index (κ3) is 4.39. The number of hydrogen-bond donors (Lipinski definition) is 0. The number of nitrogens with zero attached hydrogens (tertiary/aromatic N) is 2. The molecule has 1 aromatic rings. The number of Topliss-reactive ketones (excluding diaryl/α,β-unsaturated/α-hetero) is 2. The first-order chi connectivity index (χ1) is 9.59. The molecule has 0 aliphatic rings. The first-order valence-electron chi connectivity index (χ1n) is 5.90. The molecule has 0 fully saturated rings. The summed E-state index contributed by atoms with van der Waals surface area (Å²) in [7, 11) is 0. The van der Waals surface area contributed by atoms with E-state index in [2.05, 4.69) is 0 Å². The van der Waals surface area contributed by atoms with E-state index in [1.807, 2.05) is 0 Å². The SMILES string of the molecule is CC(C)(C)C(=O)C(=C=[N-])C(=O)c1ccc(Cl)cc1[N+](=O)[O-].[Li+]. The van der Waals surface area contributed by atoms with Gasteiger partial charge in [-0.25, -0.2) is 0 Å². The van der Waals surface area contributed by atoms with Gasteiger partial charge in [-0.2, -0.15) is 0 Å². The van der Waals surface area contributed by atoms with Gasteiger partial charge in [0.1, 0.15) is 5.56 Å². The van der Waals surface area contributed by atoms with E-state index in [0.29, 0.717) is 0 Å². The fourth-order valence-electron chi connectivity index (χ4n) is 1.56. The second kappa shape index (κ2) is 7.53. The molecule has 0 aliphatic carbocycles. The van der Waals surface area contributed by atoms with Gasteiger partial charge in [-0.1, -0.05) is 32.4 Å². The van der Waals surface area contributed by atoms with Crippen LogP contribution < -0.4 is 18.9 Å². The maximum absolute atomic E-state index is 12.3. The van der Waals surface area contributed by atoms with E-state index >= 15 is 0 Å².